The molecule has 4 heterocycles. The molecule has 1 aromatic carbocycles. The minimum Gasteiger partial charge on any atom is -0.481 e. The minimum absolute atomic E-state index is 0.0418. The highest BCUT2D eigenvalue weighted by Crippen LogP contribution is 2.39. The third kappa shape index (κ3) is 6.19. The molecule has 10 nitrogen and oxygen atoms in total. The van der Waals surface area contributed by atoms with Crippen LogP contribution >= 0.6 is 0 Å². The van der Waals surface area contributed by atoms with E-state index in [0.29, 0.717) is 56.1 Å². The van der Waals surface area contributed by atoms with Crippen molar-refractivity contribution in [1.82, 2.24) is 19.9 Å². The SMILES string of the molecule is COc1cc(N2CC=C(c3c(F)cc(N4CCN(C)C(C)C4)c(NC(=O)c4c[nH]c(=O)cc4C(F)F)c3F)CC2)ncn1. The molecule has 2 N–H and O–H groups in total. The lowest BCUT2D eigenvalue weighted by Crippen LogP contribution is -2.50. The number of amides is 1. The Labute approximate surface area is 245 Å². The number of likely N-dealkylation sites (N-methyl/N-ethyl adjacent to an activating group) is 1. The van der Waals surface area contributed by atoms with Crippen LogP contribution in [0.3, 0.4) is 0 Å². The maximum atomic E-state index is 16.4. The van der Waals surface area contributed by atoms with E-state index in [1.165, 1.54) is 19.5 Å². The third-order valence-corrected chi connectivity index (χ3v) is 7.86. The molecule has 2 aliphatic rings. The molecule has 1 atom stereocenters. The molecule has 1 amide bonds. The number of hydrogen-bond acceptors (Lipinski definition) is 8. The number of carbonyl (C=O) groups excluding carboxylic acids is 1. The van der Waals surface area contributed by atoms with E-state index in [0.717, 1.165) is 6.20 Å². The van der Waals surface area contributed by atoms with Gasteiger partial charge >= 0.3 is 0 Å². The van der Waals surface area contributed by atoms with Crippen molar-refractivity contribution in [2.24, 2.45) is 0 Å². The first-order chi connectivity index (χ1) is 20.6. The third-order valence-electron chi connectivity index (χ3n) is 7.86. The molecule has 0 bridgehead atoms. The zero-order chi connectivity index (χ0) is 30.8. The number of aromatic nitrogens is 3. The topological polar surface area (TPSA) is 107 Å². The van der Waals surface area contributed by atoms with E-state index in [2.05, 4.69) is 25.2 Å². The van der Waals surface area contributed by atoms with Gasteiger partial charge in [0.05, 0.1) is 23.9 Å². The molecule has 0 spiro atoms. The number of nitrogens with one attached hydrogen (secondary N) is 2. The lowest BCUT2D eigenvalue weighted by atomic mass is 9.96. The summed E-state index contributed by atoms with van der Waals surface area (Å²) in [6.45, 7) is 4.08. The van der Waals surface area contributed by atoms with Crippen LogP contribution in [0.2, 0.25) is 0 Å². The van der Waals surface area contributed by atoms with E-state index in [-0.39, 0.29) is 29.4 Å². The number of pyridine rings is 1. The van der Waals surface area contributed by atoms with Crippen molar-refractivity contribution in [3.8, 4) is 5.88 Å². The highest BCUT2D eigenvalue weighted by atomic mass is 19.3. The van der Waals surface area contributed by atoms with E-state index in [1.54, 1.807) is 17.0 Å². The molecule has 5 rings (SSSR count). The number of methoxy groups -OCH3 is 1. The summed E-state index contributed by atoms with van der Waals surface area (Å²) in [7, 11) is 3.42. The number of anilines is 3. The monoisotopic (exact) mass is 601 g/mol. The van der Waals surface area contributed by atoms with Crippen molar-refractivity contribution in [1.29, 1.82) is 0 Å². The number of carbonyl (C=O) groups is 1. The van der Waals surface area contributed by atoms with Crippen molar-refractivity contribution in [2.45, 2.75) is 25.8 Å². The van der Waals surface area contributed by atoms with Crippen molar-refractivity contribution < 1.29 is 27.1 Å². The lowest BCUT2D eigenvalue weighted by molar-refractivity contribution is 0.101. The predicted molar refractivity (Wildman–Crippen MR) is 154 cm³/mol. The maximum Gasteiger partial charge on any atom is 0.264 e. The Morgan fingerprint density at radius 1 is 1.14 bits per heavy atom. The van der Waals surface area contributed by atoms with Crippen LogP contribution in [0.25, 0.3) is 5.57 Å². The van der Waals surface area contributed by atoms with Gasteiger partial charge in [-0.05, 0) is 26.0 Å². The van der Waals surface area contributed by atoms with Gasteiger partial charge in [0.1, 0.15) is 23.6 Å². The van der Waals surface area contributed by atoms with Crippen LogP contribution in [0.1, 0.15) is 41.3 Å². The fourth-order valence-electron chi connectivity index (χ4n) is 5.30. The maximum absolute atomic E-state index is 16.4. The second-order valence-corrected chi connectivity index (χ2v) is 10.5. The number of ether oxygens (including phenoxy) is 1. The minimum atomic E-state index is -3.13. The first-order valence-corrected chi connectivity index (χ1v) is 13.7. The van der Waals surface area contributed by atoms with E-state index in [1.807, 2.05) is 18.9 Å². The number of aromatic amines is 1. The molecule has 2 aliphatic heterocycles. The van der Waals surface area contributed by atoms with Crippen LogP contribution in [-0.2, 0) is 0 Å². The first kappa shape index (κ1) is 30.0. The van der Waals surface area contributed by atoms with Crippen LogP contribution in [-0.4, -0.2) is 78.7 Å². The summed E-state index contributed by atoms with van der Waals surface area (Å²) in [6, 6.07) is 3.50. The summed E-state index contributed by atoms with van der Waals surface area (Å²) in [5, 5.41) is 2.43. The number of piperazine rings is 1. The van der Waals surface area contributed by atoms with Gasteiger partial charge in [0.15, 0.2) is 5.82 Å². The fourth-order valence-corrected chi connectivity index (χ4v) is 5.30. The molecule has 1 fully saturated rings. The number of H-pyrrole nitrogens is 1. The number of halogens is 4. The number of nitrogens with zero attached hydrogens (tertiary/aromatic N) is 5. The summed E-state index contributed by atoms with van der Waals surface area (Å²) in [5.74, 6) is -1.91. The molecule has 228 valence electrons. The van der Waals surface area contributed by atoms with Gasteiger partial charge in [-0.2, -0.15) is 0 Å². The highest BCUT2D eigenvalue weighted by molar-refractivity contribution is 6.07. The molecule has 14 heteroatoms. The van der Waals surface area contributed by atoms with E-state index in [4.69, 9.17) is 4.74 Å². The van der Waals surface area contributed by atoms with Crippen molar-refractivity contribution >= 4 is 28.7 Å². The molecule has 0 radical (unpaired) electrons. The molecular formula is C29H31F4N7O3. The molecular weight excluding hydrogens is 570 g/mol. The summed E-state index contributed by atoms with van der Waals surface area (Å²) in [6.07, 6.45) is 1.04. The Balaban J connectivity index is 1.53. The molecule has 2 aromatic heterocycles. The number of alkyl halides is 2. The second-order valence-electron chi connectivity index (χ2n) is 10.5. The van der Waals surface area contributed by atoms with Gasteiger partial charge in [-0.15, -0.1) is 0 Å². The Kier molecular flexibility index (Phi) is 8.67. The molecule has 0 aliphatic carbocycles. The van der Waals surface area contributed by atoms with Crippen molar-refractivity contribution in [3.63, 3.8) is 0 Å². The van der Waals surface area contributed by atoms with Gasteiger partial charge in [0.25, 0.3) is 12.3 Å². The fraction of sp³-hybridized carbons (Fsp3) is 0.379. The average molecular weight is 602 g/mol. The van der Waals surface area contributed by atoms with E-state index >= 15 is 8.78 Å². The van der Waals surface area contributed by atoms with Crippen molar-refractivity contribution in [3.05, 3.63) is 75.5 Å². The van der Waals surface area contributed by atoms with Gasteiger partial charge < -0.3 is 29.7 Å². The van der Waals surface area contributed by atoms with Crippen molar-refractivity contribution in [2.75, 3.05) is 62.0 Å². The number of rotatable bonds is 7. The molecule has 0 saturated carbocycles. The number of benzene rings is 1. The predicted octanol–water partition coefficient (Wildman–Crippen LogP) is 4.08. The molecule has 3 aromatic rings. The van der Waals surface area contributed by atoms with Gasteiger partial charge in [0.2, 0.25) is 11.4 Å². The molecule has 43 heavy (non-hydrogen) atoms. The number of hydrogen-bond donors (Lipinski definition) is 2. The van der Waals surface area contributed by atoms with Crippen LogP contribution in [0.15, 0.2) is 41.6 Å². The highest BCUT2D eigenvalue weighted by Gasteiger charge is 2.30. The van der Waals surface area contributed by atoms with E-state index in [9.17, 15) is 18.4 Å². The zero-order valence-electron chi connectivity index (χ0n) is 23.8. The molecule has 1 saturated heterocycles. The van der Waals surface area contributed by atoms with Crippen LogP contribution < -0.4 is 25.4 Å². The summed E-state index contributed by atoms with van der Waals surface area (Å²) < 4.78 is 64.8. The quantitative estimate of drug-likeness (QED) is 0.391. The lowest BCUT2D eigenvalue weighted by Gasteiger charge is -2.40. The van der Waals surface area contributed by atoms with Gasteiger partial charge in [0, 0.05) is 68.7 Å². The van der Waals surface area contributed by atoms with Crippen LogP contribution in [0.4, 0.5) is 34.8 Å². The Hall–Kier alpha value is -4.46. The summed E-state index contributed by atoms with van der Waals surface area (Å²) in [4.78, 5) is 41.1. The first-order valence-electron chi connectivity index (χ1n) is 13.7. The summed E-state index contributed by atoms with van der Waals surface area (Å²) in [5.41, 5.74) is -2.28. The van der Waals surface area contributed by atoms with Gasteiger partial charge in [-0.25, -0.2) is 27.5 Å². The Bertz CT molecular complexity index is 1610. The Morgan fingerprint density at radius 2 is 1.93 bits per heavy atom. The standard InChI is InChI=1S/C29H31F4N7O3/c1-16-14-40(9-8-38(16)2)21-11-20(30)25(17-4-6-39(7-5-17)22-12-24(43-3)36-15-35-22)26(31)27(21)37-29(42)19-13-34-23(41)10-18(19)28(32)33/h4,10-13,15-16,28H,5-9,14H2,1-3H3,(H,34,41)(H,37,42). The van der Waals surface area contributed by atoms with Gasteiger partial charge in [-0.3, -0.25) is 9.59 Å². The average Bonchev–Trinajstić information content (AvgIpc) is 3.00. The van der Waals surface area contributed by atoms with E-state index < -0.39 is 40.7 Å². The van der Waals surface area contributed by atoms with Gasteiger partial charge in [-0.1, -0.05) is 6.08 Å². The second kappa shape index (κ2) is 12.4. The molecule has 1 unspecified atom stereocenters. The Morgan fingerprint density at radius 3 is 2.60 bits per heavy atom. The largest absolute Gasteiger partial charge is 0.481 e. The van der Waals surface area contributed by atoms with Crippen LogP contribution in [0.5, 0.6) is 5.88 Å². The smallest absolute Gasteiger partial charge is 0.264 e. The zero-order valence-corrected chi connectivity index (χ0v) is 23.8. The summed E-state index contributed by atoms with van der Waals surface area (Å²) >= 11 is 0. The van der Waals surface area contributed by atoms with Crippen LogP contribution in [0, 0.1) is 11.6 Å². The normalized spacial score (nSPS) is 17.7.